The molecule has 0 unspecified atom stereocenters. The summed E-state index contributed by atoms with van der Waals surface area (Å²) in [6, 6.07) is 0. The number of carbonyl (C=O) groups is 1. The van der Waals surface area contributed by atoms with E-state index >= 15 is 0 Å². The number of nitrogens with two attached hydrogens (primary N) is 1. The number of amides is 1. The number of likely N-dealkylation sites (tertiary alicyclic amines) is 1. The van der Waals surface area contributed by atoms with Gasteiger partial charge in [-0.15, -0.1) is 0 Å². The third-order valence-corrected chi connectivity index (χ3v) is 3.07. The molecule has 1 aliphatic rings. The molecule has 1 aliphatic heterocycles. The number of hydrogen-bond donors (Lipinski definition) is 1. The molecule has 0 saturated carbocycles. The van der Waals surface area contributed by atoms with Crippen LogP contribution in [0, 0.1) is 0 Å². The Morgan fingerprint density at radius 3 is 2.89 bits per heavy atom. The first-order valence-corrected chi connectivity index (χ1v) is 6.03. The molecule has 19 heavy (non-hydrogen) atoms. The zero-order valence-corrected chi connectivity index (χ0v) is 10.2. The monoisotopic (exact) mass is 263 g/mol. The minimum Gasteiger partial charge on any atom is -0.364 e. The summed E-state index contributed by atoms with van der Waals surface area (Å²) in [6.07, 6.45) is 3.67. The molecule has 3 rings (SSSR count). The first kappa shape index (κ1) is 11.8. The highest BCUT2D eigenvalue weighted by atomic mass is 16.5. The molecular weight excluding hydrogens is 250 g/mol. The minimum absolute atomic E-state index is 0.00789. The Bertz CT molecular complexity index is 585. The molecule has 2 aromatic rings. The van der Waals surface area contributed by atoms with Crippen molar-refractivity contribution in [2.45, 2.75) is 19.4 Å². The molecule has 0 radical (unpaired) electrons. The van der Waals surface area contributed by atoms with Crippen molar-refractivity contribution in [1.82, 2.24) is 20.2 Å². The van der Waals surface area contributed by atoms with Crippen molar-refractivity contribution in [2.75, 3.05) is 13.1 Å². The van der Waals surface area contributed by atoms with Crippen LogP contribution in [0.5, 0.6) is 0 Å². The van der Waals surface area contributed by atoms with Crippen LogP contribution in [0.15, 0.2) is 15.3 Å². The summed E-state index contributed by atoms with van der Waals surface area (Å²) in [7, 11) is 0. The van der Waals surface area contributed by atoms with E-state index in [0.29, 0.717) is 18.0 Å². The van der Waals surface area contributed by atoms with Gasteiger partial charge in [0, 0.05) is 0 Å². The van der Waals surface area contributed by atoms with Crippen molar-refractivity contribution >= 4 is 5.91 Å². The van der Waals surface area contributed by atoms with Crippen molar-refractivity contribution in [2.24, 2.45) is 5.73 Å². The van der Waals surface area contributed by atoms with Crippen molar-refractivity contribution in [3.63, 3.8) is 0 Å². The fraction of sp³-hybridized carbons (Fsp3) is 0.455. The van der Waals surface area contributed by atoms with Crippen LogP contribution in [-0.4, -0.2) is 39.2 Å². The highest BCUT2D eigenvalue weighted by Gasteiger charge is 2.21. The van der Waals surface area contributed by atoms with E-state index in [1.165, 1.54) is 19.1 Å². The molecule has 8 nitrogen and oxygen atoms in total. The van der Waals surface area contributed by atoms with Gasteiger partial charge in [0.25, 0.3) is 5.91 Å². The predicted octanol–water partition coefficient (Wildman–Crippen LogP) is 0.419. The summed E-state index contributed by atoms with van der Waals surface area (Å²) in [6.45, 7) is 2.69. The number of hydrogen-bond acceptors (Lipinski definition) is 7. The Balaban J connectivity index is 1.80. The van der Waals surface area contributed by atoms with E-state index in [0.717, 1.165) is 13.1 Å². The second-order valence-electron chi connectivity index (χ2n) is 4.44. The lowest BCUT2D eigenvalue weighted by Crippen LogP contribution is -2.18. The molecule has 1 saturated heterocycles. The van der Waals surface area contributed by atoms with Crippen molar-refractivity contribution in [1.29, 1.82) is 0 Å². The Morgan fingerprint density at radius 1 is 1.37 bits per heavy atom. The van der Waals surface area contributed by atoms with Crippen molar-refractivity contribution in [3.05, 3.63) is 17.8 Å². The molecule has 0 aliphatic carbocycles. The molecule has 1 amide bonds. The lowest BCUT2D eigenvalue weighted by atomic mass is 10.2. The molecule has 0 aromatic carbocycles. The van der Waals surface area contributed by atoms with Crippen LogP contribution in [0.3, 0.4) is 0 Å². The van der Waals surface area contributed by atoms with Gasteiger partial charge in [0.05, 0.1) is 12.1 Å². The van der Waals surface area contributed by atoms with Gasteiger partial charge < -0.3 is 14.8 Å². The lowest BCUT2D eigenvalue weighted by Gasteiger charge is -2.09. The quantitative estimate of drug-likeness (QED) is 0.850. The summed E-state index contributed by atoms with van der Waals surface area (Å²) >= 11 is 0. The standard InChI is InChI=1S/C11H13N5O3/c12-10(17)9-7(6-18-14-9)11-13-8(19-15-11)5-16-3-1-2-4-16/h6H,1-5H2,(H2,12,17). The summed E-state index contributed by atoms with van der Waals surface area (Å²) in [4.78, 5) is 17.6. The lowest BCUT2D eigenvalue weighted by molar-refractivity contribution is 0.0992. The highest BCUT2D eigenvalue weighted by molar-refractivity contribution is 5.96. The molecule has 100 valence electrons. The number of aromatic nitrogens is 3. The highest BCUT2D eigenvalue weighted by Crippen LogP contribution is 2.20. The van der Waals surface area contributed by atoms with Crippen LogP contribution in [0.25, 0.3) is 11.4 Å². The normalized spacial score (nSPS) is 16.0. The van der Waals surface area contributed by atoms with E-state index in [4.69, 9.17) is 14.8 Å². The summed E-state index contributed by atoms with van der Waals surface area (Å²) in [5.41, 5.74) is 5.54. The second kappa shape index (κ2) is 4.81. The Labute approximate surface area is 108 Å². The molecule has 2 N–H and O–H groups in total. The van der Waals surface area contributed by atoms with Crippen molar-refractivity contribution in [3.8, 4) is 11.4 Å². The Kier molecular flexibility index (Phi) is 3.00. The molecule has 0 spiro atoms. The van der Waals surface area contributed by atoms with Gasteiger partial charge in [-0.3, -0.25) is 9.69 Å². The van der Waals surface area contributed by atoms with E-state index < -0.39 is 5.91 Å². The largest absolute Gasteiger partial charge is 0.364 e. The number of rotatable bonds is 4. The number of primary amides is 1. The number of nitrogens with zero attached hydrogens (tertiary/aromatic N) is 4. The third kappa shape index (κ3) is 2.34. The Hall–Kier alpha value is -2.22. The second-order valence-corrected chi connectivity index (χ2v) is 4.44. The summed E-state index contributed by atoms with van der Waals surface area (Å²) in [5.74, 6) is 0.0902. The average Bonchev–Trinajstić information content (AvgIpc) is 3.09. The fourth-order valence-corrected chi connectivity index (χ4v) is 2.13. The van der Waals surface area contributed by atoms with Crippen LogP contribution in [0.1, 0.15) is 29.2 Å². The molecule has 3 heterocycles. The molecule has 2 aromatic heterocycles. The van der Waals surface area contributed by atoms with Crippen LogP contribution in [0.4, 0.5) is 0 Å². The van der Waals surface area contributed by atoms with E-state index in [2.05, 4.69) is 20.2 Å². The number of carbonyl (C=O) groups excluding carboxylic acids is 1. The molecule has 1 fully saturated rings. The first-order valence-electron chi connectivity index (χ1n) is 6.03. The van der Waals surface area contributed by atoms with Crippen LogP contribution in [0.2, 0.25) is 0 Å². The first-order chi connectivity index (χ1) is 9.24. The third-order valence-electron chi connectivity index (χ3n) is 3.07. The summed E-state index contributed by atoms with van der Waals surface area (Å²) < 4.78 is 9.88. The van der Waals surface area contributed by atoms with Gasteiger partial charge in [-0.1, -0.05) is 10.3 Å². The zero-order valence-electron chi connectivity index (χ0n) is 10.2. The zero-order chi connectivity index (χ0) is 13.2. The van der Waals surface area contributed by atoms with Crippen LogP contribution in [-0.2, 0) is 6.54 Å². The molecule has 0 bridgehead atoms. The van der Waals surface area contributed by atoms with Gasteiger partial charge >= 0.3 is 0 Å². The van der Waals surface area contributed by atoms with E-state index in [1.807, 2.05) is 0 Å². The van der Waals surface area contributed by atoms with E-state index in [-0.39, 0.29) is 11.5 Å². The smallest absolute Gasteiger partial charge is 0.271 e. The van der Waals surface area contributed by atoms with Gasteiger partial charge in [-0.05, 0) is 25.9 Å². The Morgan fingerprint density at radius 2 is 2.16 bits per heavy atom. The average molecular weight is 263 g/mol. The topological polar surface area (TPSA) is 111 Å². The van der Waals surface area contributed by atoms with Gasteiger partial charge in [-0.2, -0.15) is 4.98 Å². The molecule has 0 atom stereocenters. The maximum absolute atomic E-state index is 11.1. The van der Waals surface area contributed by atoms with Crippen molar-refractivity contribution < 1.29 is 13.8 Å². The minimum atomic E-state index is -0.686. The van der Waals surface area contributed by atoms with Gasteiger partial charge in [0.15, 0.2) is 5.69 Å². The molecular formula is C11H13N5O3. The predicted molar refractivity (Wildman–Crippen MR) is 62.8 cm³/mol. The van der Waals surface area contributed by atoms with Gasteiger partial charge in [-0.25, -0.2) is 0 Å². The van der Waals surface area contributed by atoms with Crippen LogP contribution >= 0.6 is 0 Å². The maximum Gasteiger partial charge on any atom is 0.271 e. The van der Waals surface area contributed by atoms with Gasteiger partial charge in [0.2, 0.25) is 11.7 Å². The summed E-state index contributed by atoms with van der Waals surface area (Å²) in [5, 5.41) is 7.35. The maximum atomic E-state index is 11.1. The van der Waals surface area contributed by atoms with Crippen LogP contribution < -0.4 is 5.73 Å². The van der Waals surface area contributed by atoms with Gasteiger partial charge in [0.1, 0.15) is 6.26 Å². The van der Waals surface area contributed by atoms with E-state index in [1.54, 1.807) is 0 Å². The molecule has 8 heteroatoms. The van der Waals surface area contributed by atoms with E-state index in [9.17, 15) is 4.79 Å². The fourth-order valence-electron chi connectivity index (χ4n) is 2.13. The SMILES string of the molecule is NC(=O)c1nocc1-c1noc(CN2CCCC2)n1.